The van der Waals surface area contributed by atoms with Crippen molar-refractivity contribution in [3.05, 3.63) is 28.6 Å². The zero-order valence-electron chi connectivity index (χ0n) is 8.92. The second-order valence-corrected chi connectivity index (χ2v) is 3.89. The molecule has 0 unspecified atom stereocenters. The second-order valence-electron chi connectivity index (χ2n) is 3.89. The van der Waals surface area contributed by atoms with Crippen molar-refractivity contribution in [1.82, 2.24) is 4.98 Å². The third-order valence-corrected chi connectivity index (χ3v) is 2.91. The van der Waals surface area contributed by atoms with Gasteiger partial charge in [0, 0.05) is 6.42 Å². The summed E-state index contributed by atoms with van der Waals surface area (Å²) in [4.78, 5) is 15.9. The molecule has 1 N–H and O–H groups in total. The summed E-state index contributed by atoms with van der Waals surface area (Å²) < 4.78 is 0. The average molecular weight is 205 g/mol. The number of hydrogen-bond donors (Lipinski definition) is 1. The molecule has 15 heavy (non-hydrogen) atoms. The fourth-order valence-corrected chi connectivity index (χ4v) is 2.13. The highest BCUT2D eigenvalue weighted by atomic mass is 16.3. The molecule has 0 bridgehead atoms. The molecular formula is C12H15NO2. The van der Waals surface area contributed by atoms with Crippen LogP contribution in [0.15, 0.2) is 6.07 Å². The summed E-state index contributed by atoms with van der Waals surface area (Å²) in [5, 5.41) is 9.07. The van der Waals surface area contributed by atoms with Crippen LogP contribution in [0.2, 0.25) is 0 Å². The Bertz CT molecular complexity index is 399. The molecule has 0 aliphatic heterocycles. The summed E-state index contributed by atoms with van der Waals surface area (Å²) in [7, 11) is 0. The van der Waals surface area contributed by atoms with Gasteiger partial charge < -0.3 is 5.11 Å². The minimum absolute atomic E-state index is 0.0897. The van der Waals surface area contributed by atoms with Gasteiger partial charge in [0.2, 0.25) is 0 Å². The molecular weight excluding hydrogens is 190 g/mol. The summed E-state index contributed by atoms with van der Waals surface area (Å²) in [6, 6.07) is 1.91. The van der Waals surface area contributed by atoms with Gasteiger partial charge in [0.1, 0.15) is 5.69 Å². The van der Waals surface area contributed by atoms with Crippen molar-refractivity contribution in [1.29, 1.82) is 0 Å². The van der Waals surface area contributed by atoms with Gasteiger partial charge in [-0.25, -0.2) is 4.98 Å². The fraction of sp³-hybridized carbons (Fsp3) is 0.500. The lowest BCUT2D eigenvalue weighted by Crippen LogP contribution is -2.16. The van der Waals surface area contributed by atoms with Gasteiger partial charge in [-0.05, 0) is 36.5 Å². The zero-order chi connectivity index (χ0) is 10.8. The van der Waals surface area contributed by atoms with Crippen LogP contribution in [0.5, 0.6) is 0 Å². The summed E-state index contributed by atoms with van der Waals surface area (Å²) in [5.41, 5.74) is 3.48. The van der Waals surface area contributed by atoms with E-state index in [1.54, 1.807) is 0 Å². The Balaban J connectivity index is 2.57. The van der Waals surface area contributed by atoms with Gasteiger partial charge in [0.15, 0.2) is 5.78 Å². The van der Waals surface area contributed by atoms with Crippen LogP contribution in [0.4, 0.5) is 0 Å². The number of nitrogens with zero attached hydrogens (tertiary/aromatic N) is 1. The number of aliphatic hydroxyl groups is 1. The number of carbonyl (C=O) groups is 1. The molecule has 1 aliphatic rings. The number of aryl methyl sites for hydroxylation is 1. The van der Waals surface area contributed by atoms with Gasteiger partial charge in [-0.15, -0.1) is 0 Å². The van der Waals surface area contributed by atoms with Crippen LogP contribution >= 0.6 is 0 Å². The van der Waals surface area contributed by atoms with Gasteiger partial charge in [0.25, 0.3) is 0 Å². The van der Waals surface area contributed by atoms with Crippen molar-refractivity contribution < 1.29 is 9.90 Å². The van der Waals surface area contributed by atoms with Crippen LogP contribution < -0.4 is 0 Å². The van der Waals surface area contributed by atoms with E-state index in [9.17, 15) is 4.79 Å². The molecule has 0 atom stereocenters. The first kappa shape index (κ1) is 10.3. The van der Waals surface area contributed by atoms with Crippen molar-refractivity contribution in [2.75, 3.05) is 0 Å². The van der Waals surface area contributed by atoms with Crippen LogP contribution in [0.25, 0.3) is 0 Å². The Morgan fingerprint density at radius 2 is 2.27 bits per heavy atom. The van der Waals surface area contributed by atoms with Gasteiger partial charge >= 0.3 is 0 Å². The van der Waals surface area contributed by atoms with Crippen molar-refractivity contribution in [2.45, 2.75) is 39.2 Å². The van der Waals surface area contributed by atoms with Crippen molar-refractivity contribution in [2.24, 2.45) is 0 Å². The minimum atomic E-state index is -0.0897. The van der Waals surface area contributed by atoms with Crippen LogP contribution in [0, 0.1) is 0 Å². The van der Waals surface area contributed by atoms with E-state index in [0.29, 0.717) is 17.8 Å². The zero-order valence-corrected chi connectivity index (χ0v) is 8.92. The number of fused-ring (bicyclic) bond motifs is 1. The predicted molar refractivity (Wildman–Crippen MR) is 56.8 cm³/mol. The Kier molecular flexibility index (Phi) is 2.82. The van der Waals surface area contributed by atoms with E-state index >= 15 is 0 Å². The number of Topliss-reactive ketones (excluding diaryl/α,β-unsaturated/α-hetero) is 1. The molecule has 2 rings (SSSR count). The molecule has 80 valence electrons. The summed E-state index contributed by atoms with van der Waals surface area (Å²) in [5.74, 6) is 0.126. The van der Waals surface area contributed by atoms with Gasteiger partial charge in [-0.3, -0.25) is 4.79 Å². The molecule has 1 aromatic rings. The highest BCUT2D eigenvalue weighted by Crippen LogP contribution is 2.24. The molecule has 0 radical (unpaired) electrons. The van der Waals surface area contributed by atoms with Crippen molar-refractivity contribution in [3.8, 4) is 0 Å². The van der Waals surface area contributed by atoms with E-state index < -0.39 is 0 Å². The maximum absolute atomic E-state index is 11.7. The Morgan fingerprint density at radius 1 is 1.47 bits per heavy atom. The SMILES string of the molecule is CCc1cc(CO)nc2c1CCCC2=O. The largest absolute Gasteiger partial charge is 0.390 e. The monoisotopic (exact) mass is 205 g/mol. The molecule has 0 aromatic carbocycles. The lowest BCUT2D eigenvalue weighted by atomic mass is 9.90. The van der Waals surface area contributed by atoms with E-state index in [4.69, 9.17) is 5.11 Å². The van der Waals surface area contributed by atoms with E-state index in [-0.39, 0.29) is 12.4 Å². The molecule has 1 aliphatic carbocycles. The number of hydrogen-bond acceptors (Lipinski definition) is 3. The molecule has 0 saturated carbocycles. The minimum Gasteiger partial charge on any atom is -0.390 e. The van der Waals surface area contributed by atoms with E-state index in [1.165, 1.54) is 0 Å². The number of carbonyl (C=O) groups excluding carboxylic acids is 1. The topological polar surface area (TPSA) is 50.2 Å². The highest BCUT2D eigenvalue weighted by molar-refractivity contribution is 5.96. The molecule has 1 aromatic heterocycles. The molecule has 1 heterocycles. The van der Waals surface area contributed by atoms with E-state index in [1.807, 2.05) is 6.07 Å². The van der Waals surface area contributed by atoms with E-state index in [2.05, 4.69) is 11.9 Å². The number of aromatic nitrogens is 1. The highest BCUT2D eigenvalue weighted by Gasteiger charge is 2.21. The van der Waals surface area contributed by atoms with Gasteiger partial charge in [-0.2, -0.15) is 0 Å². The molecule has 0 amide bonds. The fourth-order valence-electron chi connectivity index (χ4n) is 2.13. The maximum Gasteiger partial charge on any atom is 0.181 e. The smallest absolute Gasteiger partial charge is 0.181 e. The summed E-state index contributed by atoms with van der Waals surface area (Å²) in [6.07, 6.45) is 3.37. The van der Waals surface area contributed by atoms with Crippen LogP contribution in [-0.4, -0.2) is 15.9 Å². The summed E-state index contributed by atoms with van der Waals surface area (Å²) in [6.45, 7) is 1.98. The molecule has 0 fully saturated rings. The lowest BCUT2D eigenvalue weighted by Gasteiger charge is -2.18. The van der Waals surface area contributed by atoms with Gasteiger partial charge in [0.05, 0.1) is 12.3 Å². The second kappa shape index (κ2) is 4.11. The lowest BCUT2D eigenvalue weighted by molar-refractivity contribution is 0.0966. The first-order chi connectivity index (χ1) is 7.26. The number of rotatable bonds is 2. The number of aliphatic hydroxyl groups excluding tert-OH is 1. The third kappa shape index (κ3) is 1.79. The van der Waals surface area contributed by atoms with Gasteiger partial charge in [-0.1, -0.05) is 6.92 Å². The number of pyridine rings is 1. The molecule has 0 spiro atoms. The first-order valence-electron chi connectivity index (χ1n) is 5.42. The van der Waals surface area contributed by atoms with Crippen molar-refractivity contribution >= 4 is 5.78 Å². The van der Waals surface area contributed by atoms with E-state index in [0.717, 1.165) is 30.4 Å². The van der Waals surface area contributed by atoms with Crippen LogP contribution in [0.1, 0.15) is 47.1 Å². The predicted octanol–water partition coefficient (Wildman–Crippen LogP) is 1.66. The molecule has 0 saturated heterocycles. The third-order valence-electron chi connectivity index (χ3n) is 2.91. The molecule has 3 nitrogen and oxygen atoms in total. The number of ketones is 1. The Morgan fingerprint density at radius 3 is 2.93 bits per heavy atom. The van der Waals surface area contributed by atoms with Crippen LogP contribution in [0.3, 0.4) is 0 Å². The molecule has 3 heteroatoms. The standard InChI is InChI=1S/C12H15NO2/c1-2-8-6-9(7-14)13-12-10(8)4-3-5-11(12)15/h6,14H,2-5,7H2,1H3. The normalized spacial score (nSPS) is 15.2. The first-order valence-corrected chi connectivity index (χ1v) is 5.42. The summed E-state index contributed by atoms with van der Waals surface area (Å²) >= 11 is 0. The van der Waals surface area contributed by atoms with Crippen molar-refractivity contribution in [3.63, 3.8) is 0 Å². The maximum atomic E-state index is 11.7. The van der Waals surface area contributed by atoms with Crippen LogP contribution in [-0.2, 0) is 19.4 Å². The Labute approximate surface area is 89.2 Å². The Hall–Kier alpha value is -1.22. The quantitative estimate of drug-likeness (QED) is 0.798. The average Bonchev–Trinajstić information content (AvgIpc) is 2.28.